The fraction of sp³-hybridized carbons (Fsp3) is 0.562. The first-order valence-corrected chi connectivity index (χ1v) is 16.0. The van der Waals surface area contributed by atoms with Gasteiger partial charge in [-0.05, 0) is 61.8 Å². The molecule has 1 aromatic heterocycles. The van der Waals surface area contributed by atoms with Crippen LogP contribution in [0.4, 0.5) is 0 Å². The van der Waals surface area contributed by atoms with E-state index in [-0.39, 0.29) is 41.6 Å². The van der Waals surface area contributed by atoms with Crippen LogP contribution in [0.1, 0.15) is 65.3 Å². The van der Waals surface area contributed by atoms with Crippen LogP contribution >= 0.6 is 11.3 Å². The molecule has 5 rings (SSSR count). The molecule has 3 aliphatic rings. The van der Waals surface area contributed by atoms with Gasteiger partial charge in [0, 0.05) is 25.8 Å². The van der Waals surface area contributed by atoms with Gasteiger partial charge in [0.1, 0.15) is 11.0 Å². The summed E-state index contributed by atoms with van der Waals surface area (Å²) in [4.78, 5) is 58.0. The number of nitrogens with zero attached hydrogens (tertiary/aromatic N) is 5. The molecule has 0 aliphatic carbocycles. The van der Waals surface area contributed by atoms with E-state index in [0.29, 0.717) is 30.9 Å². The largest absolute Gasteiger partial charge is 0.396 e. The minimum atomic E-state index is -0.885. The minimum Gasteiger partial charge on any atom is -0.396 e. The van der Waals surface area contributed by atoms with Gasteiger partial charge >= 0.3 is 0 Å². The molecule has 0 saturated carbocycles. The number of aromatic nitrogens is 1. The second-order valence-electron chi connectivity index (χ2n) is 13.3. The van der Waals surface area contributed by atoms with Gasteiger partial charge in [0.25, 0.3) is 11.8 Å². The summed E-state index contributed by atoms with van der Waals surface area (Å²) in [5, 5.41) is 11.0. The van der Waals surface area contributed by atoms with Crippen LogP contribution in [0.25, 0.3) is 16.3 Å². The topological polar surface area (TPSA) is 107 Å². The Balaban J connectivity index is 1.47. The zero-order valence-electron chi connectivity index (χ0n) is 25.7. The van der Waals surface area contributed by atoms with Crippen molar-refractivity contribution in [3.05, 3.63) is 47.4 Å². The highest BCUT2D eigenvalue weighted by atomic mass is 32.1. The SMILES string of the molecule is CC(C)C[C@H]1ON(C(=O)/C=C/c2nc3ccccc3s2)C2=CN(C3CN(CCCCO)C3)C(=O)[C@H](CC(C)(C)C)N2C1=O. The molecule has 0 unspecified atom stereocenters. The molecular formula is C32H43N5O5S. The molecule has 4 heterocycles. The molecule has 3 amide bonds. The zero-order valence-corrected chi connectivity index (χ0v) is 26.5. The molecule has 0 spiro atoms. The van der Waals surface area contributed by atoms with Gasteiger partial charge in [0.2, 0.25) is 5.91 Å². The van der Waals surface area contributed by atoms with E-state index in [1.165, 1.54) is 27.4 Å². The lowest BCUT2D eigenvalue weighted by Crippen LogP contribution is -2.68. The lowest BCUT2D eigenvalue weighted by Gasteiger charge is -2.52. The van der Waals surface area contributed by atoms with Crippen molar-refractivity contribution < 1.29 is 24.3 Å². The molecule has 43 heavy (non-hydrogen) atoms. The van der Waals surface area contributed by atoms with Crippen molar-refractivity contribution in [2.24, 2.45) is 11.3 Å². The van der Waals surface area contributed by atoms with Gasteiger partial charge in [-0.25, -0.2) is 4.98 Å². The van der Waals surface area contributed by atoms with Gasteiger partial charge in [0.05, 0.1) is 22.5 Å². The molecule has 0 bridgehead atoms. The number of aliphatic hydroxyl groups is 1. The third kappa shape index (κ3) is 7.01. The highest BCUT2D eigenvalue weighted by Gasteiger charge is 2.51. The average molecular weight is 610 g/mol. The maximum Gasteiger partial charge on any atom is 0.276 e. The number of para-hydroxylation sites is 1. The summed E-state index contributed by atoms with van der Waals surface area (Å²) in [6.45, 7) is 12.6. The number of likely N-dealkylation sites (tertiary alicyclic amines) is 1. The van der Waals surface area contributed by atoms with Gasteiger partial charge in [-0.3, -0.25) is 29.0 Å². The molecule has 11 heteroatoms. The number of thiazole rings is 1. The summed E-state index contributed by atoms with van der Waals surface area (Å²) in [5.41, 5.74) is 0.612. The highest BCUT2D eigenvalue weighted by Crippen LogP contribution is 2.37. The number of carbonyl (C=O) groups excluding carboxylic acids is 3. The maximum absolute atomic E-state index is 14.1. The Morgan fingerprint density at radius 3 is 2.58 bits per heavy atom. The number of unbranched alkanes of at least 4 members (excludes halogenated alkanes) is 1. The van der Waals surface area contributed by atoms with Crippen molar-refractivity contribution >= 4 is 45.4 Å². The van der Waals surface area contributed by atoms with Gasteiger partial charge in [-0.15, -0.1) is 11.3 Å². The van der Waals surface area contributed by atoms with Crippen molar-refractivity contribution in [1.29, 1.82) is 0 Å². The number of hydrogen-bond acceptors (Lipinski definition) is 8. The predicted octanol–water partition coefficient (Wildman–Crippen LogP) is 4.23. The number of carbonyl (C=O) groups is 3. The lowest BCUT2D eigenvalue weighted by molar-refractivity contribution is -0.227. The smallest absolute Gasteiger partial charge is 0.276 e. The normalized spacial score (nSPS) is 22.1. The Hall–Kier alpha value is -3.12. The summed E-state index contributed by atoms with van der Waals surface area (Å²) < 4.78 is 1.03. The Bertz CT molecular complexity index is 1370. The van der Waals surface area contributed by atoms with Crippen LogP contribution in [-0.4, -0.2) is 92.0 Å². The number of fused-ring (bicyclic) bond motifs is 2. The fourth-order valence-corrected chi connectivity index (χ4v) is 6.66. The van der Waals surface area contributed by atoms with Crippen LogP contribution in [0.5, 0.6) is 0 Å². The van der Waals surface area contributed by atoms with E-state index in [1.54, 1.807) is 17.2 Å². The van der Waals surface area contributed by atoms with Crippen molar-refractivity contribution in [1.82, 2.24) is 24.7 Å². The molecule has 2 atom stereocenters. The third-order valence-electron chi connectivity index (χ3n) is 7.89. The monoisotopic (exact) mass is 609 g/mol. The van der Waals surface area contributed by atoms with Crippen LogP contribution in [0.3, 0.4) is 0 Å². The van der Waals surface area contributed by atoms with Gasteiger partial charge in [-0.2, -0.15) is 5.06 Å². The number of hydrogen-bond donors (Lipinski definition) is 1. The Kier molecular flexibility index (Phi) is 9.36. The first-order valence-electron chi connectivity index (χ1n) is 15.2. The van der Waals surface area contributed by atoms with E-state index in [0.717, 1.165) is 29.6 Å². The van der Waals surface area contributed by atoms with Crippen LogP contribution in [-0.2, 0) is 19.2 Å². The third-order valence-corrected chi connectivity index (χ3v) is 8.89. The number of hydroxylamine groups is 2. The molecule has 2 aromatic rings. The Morgan fingerprint density at radius 2 is 1.91 bits per heavy atom. The van der Waals surface area contributed by atoms with E-state index in [4.69, 9.17) is 9.94 Å². The Labute approximate surface area is 257 Å². The number of benzene rings is 1. The summed E-state index contributed by atoms with van der Waals surface area (Å²) in [6.07, 6.45) is 6.33. The van der Waals surface area contributed by atoms with Crippen molar-refractivity contribution in [3.63, 3.8) is 0 Å². The van der Waals surface area contributed by atoms with Crippen molar-refractivity contribution in [2.45, 2.75) is 78.5 Å². The number of aliphatic hydroxyl groups excluding tert-OH is 1. The van der Waals surface area contributed by atoms with Gasteiger partial charge in [0.15, 0.2) is 11.9 Å². The maximum atomic E-state index is 14.1. The number of amides is 3. The van der Waals surface area contributed by atoms with E-state index in [2.05, 4.69) is 30.7 Å². The molecule has 10 nitrogen and oxygen atoms in total. The molecule has 1 aromatic carbocycles. The zero-order chi connectivity index (χ0) is 30.9. The predicted molar refractivity (Wildman–Crippen MR) is 166 cm³/mol. The molecule has 2 fully saturated rings. The van der Waals surface area contributed by atoms with E-state index >= 15 is 0 Å². The van der Waals surface area contributed by atoms with E-state index < -0.39 is 18.1 Å². The molecule has 2 saturated heterocycles. The van der Waals surface area contributed by atoms with Crippen LogP contribution < -0.4 is 0 Å². The van der Waals surface area contributed by atoms with E-state index in [1.807, 2.05) is 38.1 Å². The summed E-state index contributed by atoms with van der Waals surface area (Å²) in [7, 11) is 0. The van der Waals surface area contributed by atoms with Gasteiger partial charge in [-0.1, -0.05) is 46.8 Å². The van der Waals surface area contributed by atoms with Crippen LogP contribution in [0.15, 0.2) is 42.4 Å². The number of rotatable bonds is 10. The standard InChI is InChI=1S/C32H43N5O5S/c1-21(2)16-25-31(41)36-24(17-32(3,4)5)30(40)35(22-18-34(19-22)14-8-9-15-38)20-28(36)37(42-25)29(39)13-12-27-33-23-10-6-7-11-26(23)43-27/h6-7,10-13,20-22,24-25,38H,8-9,14-19H2,1-5H3/b13-12+/t24-,25+/m0/s1. The second-order valence-corrected chi connectivity index (χ2v) is 14.3. The first-order chi connectivity index (χ1) is 20.4. The molecule has 0 radical (unpaired) electrons. The molecule has 3 aliphatic heterocycles. The van der Waals surface area contributed by atoms with Crippen LogP contribution in [0.2, 0.25) is 0 Å². The quantitative estimate of drug-likeness (QED) is 0.318. The molecule has 232 valence electrons. The highest BCUT2D eigenvalue weighted by molar-refractivity contribution is 7.19. The van der Waals surface area contributed by atoms with Crippen molar-refractivity contribution in [3.8, 4) is 0 Å². The first kappa shape index (κ1) is 31.3. The lowest BCUT2D eigenvalue weighted by atomic mass is 9.85. The Morgan fingerprint density at radius 1 is 1.16 bits per heavy atom. The summed E-state index contributed by atoms with van der Waals surface area (Å²) in [5.74, 6) is -0.453. The molecule has 1 N–H and O–H groups in total. The molecular weight excluding hydrogens is 566 g/mol. The fourth-order valence-electron chi connectivity index (χ4n) is 5.79. The minimum absolute atomic E-state index is 0.0718. The summed E-state index contributed by atoms with van der Waals surface area (Å²) >= 11 is 1.49. The van der Waals surface area contributed by atoms with Crippen LogP contribution in [0, 0.1) is 11.3 Å². The average Bonchev–Trinajstić information content (AvgIpc) is 3.34. The second kappa shape index (κ2) is 12.9. The van der Waals surface area contributed by atoms with E-state index in [9.17, 15) is 14.4 Å². The van der Waals surface area contributed by atoms with Crippen molar-refractivity contribution in [2.75, 3.05) is 26.2 Å². The summed E-state index contributed by atoms with van der Waals surface area (Å²) in [6, 6.07) is 6.97. The van der Waals surface area contributed by atoms with Gasteiger partial charge < -0.3 is 10.0 Å².